The summed E-state index contributed by atoms with van der Waals surface area (Å²) in [4.78, 5) is 0. The fraction of sp³-hybridized carbons (Fsp3) is 0.462. The molecule has 0 aromatic heterocycles. The number of halogens is 1. The molecule has 0 radical (unpaired) electrons. The van der Waals surface area contributed by atoms with Gasteiger partial charge in [0, 0.05) is 18.4 Å². The van der Waals surface area contributed by atoms with E-state index in [0.717, 1.165) is 0 Å². The molecule has 2 rings (SSSR count). The van der Waals surface area contributed by atoms with Crippen LogP contribution in [0.5, 0.6) is 0 Å². The van der Waals surface area contributed by atoms with Crippen LogP contribution in [-0.2, 0) is 0 Å². The van der Waals surface area contributed by atoms with Crippen molar-refractivity contribution in [2.24, 2.45) is 0 Å². The van der Waals surface area contributed by atoms with Crippen molar-refractivity contribution in [1.29, 1.82) is 0 Å². The van der Waals surface area contributed by atoms with Gasteiger partial charge < -0.3 is 24.0 Å². The lowest BCUT2D eigenvalue weighted by atomic mass is 9.85. The summed E-state index contributed by atoms with van der Waals surface area (Å²) >= 11 is 0. The number of fused-ring (bicyclic) bond motifs is 1. The molecule has 82 valence electrons. The van der Waals surface area contributed by atoms with Crippen molar-refractivity contribution in [3.63, 3.8) is 0 Å². The van der Waals surface area contributed by atoms with Crippen LogP contribution >= 0.6 is 0 Å². The molecule has 2 unspecified atom stereocenters. The molecule has 0 saturated heterocycles. The van der Waals surface area contributed by atoms with Crippen molar-refractivity contribution in [1.82, 2.24) is 0 Å². The Labute approximate surface area is 109 Å². The van der Waals surface area contributed by atoms with Gasteiger partial charge in [0.1, 0.15) is 7.05 Å². The highest BCUT2D eigenvalue weighted by atomic mass is 127. The summed E-state index contributed by atoms with van der Waals surface area (Å²) in [7, 11) is 2.19. The molecule has 0 spiro atoms. The molecule has 1 aromatic rings. The minimum atomic E-state index is 0. The molecule has 1 aromatic carbocycles. The fourth-order valence-electron chi connectivity index (χ4n) is 2.31. The summed E-state index contributed by atoms with van der Waals surface area (Å²) in [6.45, 7) is 6.82. The first-order valence-electron chi connectivity index (χ1n) is 5.28. The van der Waals surface area contributed by atoms with Gasteiger partial charge in [-0.1, -0.05) is 25.1 Å². The molecule has 0 bridgehead atoms. The second-order valence-electron chi connectivity index (χ2n) is 4.31. The van der Waals surface area contributed by atoms with Gasteiger partial charge in [0.25, 0.3) is 0 Å². The first-order chi connectivity index (χ1) is 6.63. The van der Waals surface area contributed by atoms with Gasteiger partial charge in [-0.05, 0) is 18.6 Å². The Kier molecular flexibility index (Phi) is 3.93. The van der Waals surface area contributed by atoms with Crippen molar-refractivity contribution < 1.29 is 28.6 Å². The van der Waals surface area contributed by atoms with E-state index in [-0.39, 0.29) is 24.0 Å². The highest BCUT2D eigenvalue weighted by Crippen LogP contribution is 2.28. The zero-order chi connectivity index (χ0) is 10.3. The third kappa shape index (κ3) is 1.96. The van der Waals surface area contributed by atoms with Gasteiger partial charge >= 0.3 is 0 Å². The van der Waals surface area contributed by atoms with E-state index in [1.807, 2.05) is 0 Å². The van der Waals surface area contributed by atoms with E-state index in [9.17, 15) is 0 Å². The van der Waals surface area contributed by atoms with E-state index in [1.165, 1.54) is 16.8 Å². The Bertz CT molecular complexity index is 395. The standard InChI is InChI=1S/C13H18N.HI/c1-9-10(2)14(4)11(3)13-8-6-5-7-12(9)13;/h5-10H,1-4H3;1H/q+1;/p-1. The second-order valence-corrected chi connectivity index (χ2v) is 4.31. The molecule has 0 aliphatic carbocycles. The number of nitrogens with zero attached hydrogens (tertiary/aromatic N) is 1. The van der Waals surface area contributed by atoms with Crippen LogP contribution in [0.3, 0.4) is 0 Å². The minimum Gasteiger partial charge on any atom is -1.00 e. The fourth-order valence-corrected chi connectivity index (χ4v) is 2.31. The number of likely N-dealkylation sites (N-methyl/N-ethyl adjacent to an activating group) is 1. The Hall–Kier alpha value is -0.380. The number of hydrogen-bond acceptors (Lipinski definition) is 0. The maximum absolute atomic E-state index is 2.38. The highest BCUT2D eigenvalue weighted by molar-refractivity contribution is 5.97. The Balaban J connectivity index is 0.00000112. The molecule has 2 atom stereocenters. The van der Waals surface area contributed by atoms with Crippen molar-refractivity contribution in [2.45, 2.75) is 32.7 Å². The summed E-state index contributed by atoms with van der Waals surface area (Å²) in [5.74, 6) is 0.625. The monoisotopic (exact) mass is 315 g/mol. The largest absolute Gasteiger partial charge is 1.00 e. The molecule has 1 aliphatic rings. The van der Waals surface area contributed by atoms with Crippen LogP contribution in [0.15, 0.2) is 24.3 Å². The van der Waals surface area contributed by atoms with Crippen LogP contribution in [-0.4, -0.2) is 23.4 Å². The third-order valence-corrected chi connectivity index (χ3v) is 3.70. The number of rotatable bonds is 0. The first kappa shape index (κ1) is 12.7. The Morgan fingerprint density at radius 2 is 1.73 bits per heavy atom. The zero-order valence-corrected chi connectivity index (χ0v) is 11.9. The molecule has 1 aliphatic heterocycles. The second kappa shape index (κ2) is 4.64. The van der Waals surface area contributed by atoms with Crippen LogP contribution in [0.25, 0.3) is 0 Å². The van der Waals surface area contributed by atoms with Crippen molar-refractivity contribution in [2.75, 3.05) is 7.05 Å². The van der Waals surface area contributed by atoms with E-state index in [1.54, 1.807) is 0 Å². The summed E-state index contributed by atoms with van der Waals surface area (Å²) < 4.78 is 2.38. The van der Waals surface area contributed by atoms with Gasteiger partial charge in [0.2, 0.25) is 0 Å². The average molecular weight is 315 g/mol. The lowest BCUT2D eigenvalue weighted by Gasteiger charge is -2.25. The van der Waals surface area contributed by atoms with Crippen molar-refractivity contribution >= 4 is 5.71 Å². The molecular weight excluding hydrogens is 297 g/mol. The van der Waals surface area contributed by atoms with Gasteiger partial charge in [-0.3, -0.25) is 0 Å². The minimum absolute atomic E-state index is 0. The average Bonchev–Trinajstić information content (AvgIpc) is 2.23. The van der Waals surface area contributed by atoms with Crippen LogP contribution in [0.1, 0.15) is 37.8 Å². The third-order valence-electron chi connectivity index (χ3n) is 3.70. The molecule has 2 heteroatoms. The van der Waals surface area contributed by atoms with Gasteiger partial charge in [-0.25, -0.2) is 4.58 Å². The highest BCUT2D eigenvalue weighted by Gasteiger charge is 2.31. The summed E-state index contributed by atoms with van der Waals surface area (Å²) in [5.41, 5.74) is 4.31. The first-order valence-corrected chi connectivity index (χ1v) is 5.28. The maximum Gasteiger partial charge on any atom is 0.180 e. The maximum atomic E-state index is 2.38. The molecule has 0 fully saturated rings. The van der Waals surface area contributed by atoms with Gasteiger partial charge in [0.05, 0.1) is 0 Å². The SMILES string of the molecule is CC1=[N+](C)C(C)C(C)c2ccccc21.[I-]. The molecular formula is C13H18IN. The van der Waals surface area contributed by atoms with Crippen molar-refractivity contribution in [3.8, 4) is 0 Å². The summed E-state index contributed by atoms with van der Waals surface area (Å²) in [6.07, 6.45) is 0. The van der Waals surface area contributed by atoms with Crippen LogP contribution < -0.4 is 24.0 Å². The van der Waals surface area contributed by atoms with Crippen LogP contribution in [0, 0.1) is 0 Å². The number of hydrogen-bond donors (Lipinski definition) is 0. The summed E-state index contributed by atoms with van der Waals surface area (Å²) in [5, 5.41) is 0. The van der Waals surface area contributed by atoms with E-state index < -0.39 is 0 Å². The summed E-state index contributed by atoms with van der Waals surface area (Å²) in [6, 6.07) is 9.35. The Morgan fingerprint density at radius 1 is 1.13 bits per heavy atom. The van der Waals surface area contributed by atoms with Crippen molar-refractivity contribution in [3.05, 3.63) is 35.4 Å². The number of benzene rings is 1. The van der Waals surface area contributed by atoms with E-state index in [2.05, 4.69) is 56.7 Å². The quantitative estimate of drug-likeness (QED) is 0.455. The van der Waals surface area contributed by atoms with Crippen LogP contribution in [0.4, 0.5) is 0 Å². The van der Waals surface area contributed by atoms with Crippen LogP contribution in [0.2, 0.25) is 0 Å². The lowest BCUT2D eigenvalue weighted by Crippen LogP contribution is -3.00. The smallest absolute Gasteiger partial charge is 0.180 e. The van der Waals surface area contributed by atoms with E-state index in [4.69, 9.17) is 0 Å². The molecule has 0 amide bonds. The zero-order valence-electron chi connectivity index (χ0n) is 9.79. The molecule has 15 heavy (non-hydrogen) atoms. The molecule has 1 nitrogen and oxygen atoms in total. The molecule has 0 N–H and O–H groups in total. The predicted molar refractivity (Wildman–Crippen MR) is 60.3 cm³/mol. The van der Waals surface area contributed by atoms with Gasteiger partial charge in [-0.15, -0.1) is 0 Å². The van der Waals surface area contributed by atoms with E-state index >= 15 is 0 Å². The van der Waals surface area contributed by atoms with Gasteiger partial charge in [0.15, 0.2) is 11.8 Å². The van der Waals surface area contributed by atoms with E-state index in [0.29, 0.717) is 12.0 Å². The lowest BCUT2D eigenvalue weighted by molar-refractivity contribution is -0.539. The topological polar surface area (TPSA) is 3.01 Å². The Morgan fingerprint density at radius 3 is 2.40 bits per heavy atom. The van der Waals surface area contributed by atoms with Gasteiger partial charge in [-0.2, -0.15) is 0 Å². The predicted octanol–water partition coefficient (Wildman–Crippen LogP) is -0.352. The molecule has 0 saturated carbocycles. The normalized spacial score (nSPS) is 24.5. The molecule has 1 heterocycles.